The minimum atomic E-state index is -0.0684. The summed E-state index contributed by atoms with van der Waals surface area (Å²) in [4.78, 5) is 2.31. The van der Waals surface area contributed by atoms with Crippen LogP contribution in [-0.4, -0.2) is 6.21 Å². The van der Waals surface area contributed by atoms with Gasteiger partial charge < -0.3 is 14.6 Å². The fraction of sp³-hybridized carbons (Fsp3) is 0.0213. The molecule has 0 spiro atoms. The largest absolute Gasteiger partial charge is 0.454 e. The molecule has 1 N–H and O–H groups in total. The highest BCUT2D eigenvalue weighted by atomic mass is 16.3. The summed E-state index contributed by atoms with van der Waals surface area (Å²) < 4.78 is 11.5. The first-order valence-corrected chi connectivity index (χ1v) is 17.3. The zero-order valence-corrected chi connectivity index (χ0v) is 27.7. The maximum Gasteiger partial charge on any atom is 0.358 e. The van der Waals surface area contributed by atoms with E-state index in [1.165, 1.54) is 22.3 Å². The molecule has 51 heavy (non-hydrogen) atoms. The van der Waals surface area contributed by atoms with Gasteiger partial charge in [0.2, 0.25) is 0 Å². The molecule has 1 atom stereocenters. The molecule has 10 rings (SSSR count). The maximum absolute atomic E-state index is 6.85. The van der Waals surface area contributed by atoms with Crippen molar-refractivity contribution in [2.45, 2.75) is 6.04 Å². The Labute approximate surface area is 295 Å². The highest BCUT2D eigenvalue weighted by molar-refractivity contribution is 6.12. The molecule has 0 saturated heterocycles. The number of rotatable bonds is 6. The van der Waals surface area contributed by atoms with Crippen LogP contribution in [0.25, 0.3) is 56.3 Å². The number of fused-ring (bicyclic) bond motifs is 6. The Morgan fingerprint density at radius 1 is 0.588 bits per heavy atom. The molecular weight excluding hydrogens is 623 g/mol. The van der Waals surface area contributed by atoms with Crippen LogP contribution in [-0.2, 0) is 0 Å². The molecule has 1 aromatic heterocycles. The van der Waals surface area contributed by atoms with Gasteiger partial charge in [0, 0.05) is 33.8 Å². The van der Waals surface area contributed by atoms with E-state index in [1.54, 1.807) is 0 Å². The Morgan fingerprint density at radius 2 is 1.22 bits per heavy atom. The lowest BCUT2D eigenvalue weighted by Gasteiger charge is -2.27. The fourth-order valence-electron chi connectivity index (χ4n) is 7.53. The van der Waals surface area contributed by atoms with Gasteiger partial charge in [-0.1, -0.05) is 132 Å². The molecule has 0 radical (unpaired) electrons. The summed E-state index contributed by atoms with van der Waals surface area (Å²) in [6.45, 7) is 0. The molecule has 0 aliphatic carbocycles. The second kappa shape index (κ2) is 11.9. The molecular formula is C47H32N3O+. The fourth-order valence-corrected chi connectivity index (χ4v) is 7.53. The molecule has 0 saturated carbocycles. The smallest absolute Gasteiger partial charge is 0.358 e. The number of anilines is 4. The number of nitrogens with one attached hydrogen (secondary N) is 1. The van der Waals surface area contributed by atoms with Crippen molar-refractivity contribution in [2.75, 3.05) is 10.2 Å². The first-order valence-electron chi connectivity index (χ1n) is 17.3. The lowest BCUT2D eigenvalue weighted by Crippen LogP contribution is -2.31. The number of hydrogen-bond donors (Lipinski definition) is 1. The second-order valence-corrected chi connectivity index (χ2v) is 13.0. The van der Waals surface area contributed by atoms with Crippen LogP contribution in [0.4, 0.5) is 22.7 Å². The zero-order valence-electron chi connectivity index (χ0n) is 27.7. The third kappa shape index (κ3) is 4.97. The van der Waals surface area contributed by atoms with Gasteiger partial charge in [-0.25, -0.2) is 0 Å². The lowest BCUT2D eigenvalue weighted by atomic mass is 9.94. The van der Waals surface area contributed by atoms with Gasteiger partial charge in [0.1, 0.15) is 11.3 Å². The van der Waals surface area contributed by atoms with Crippen LogP contribution in [0.5, 0.6) is 0 Å². The van der Waals surface area contributed by atoms with Crippen molar-refractivity contribution in [1.29, 1.82) is 0 Å². The van der Waals surface area contributed by atoms with Gasteiger partial charge in [-0.3, -0.25) is 0 Å². The molecule has 2 aliphatic rings. The standard InChI is InChI=1S/C47H31N3O/c1-3-9-31(10-4-1)33-17-22-37(23-18-33)50(38-24-19-34(20-25-38)32-11-5-2-6-12-32)42-28-26-39(44-40-13-7-8-14-43(40)51-47(42)44)41-27-21-35-15-16-36-29-30-48-45(36)46(35)49-41/h1-30,41H/p+1. The molecule has 240 valence electrons. The van der Waals surface area contributed by atoms with Crippen LogP contribution < -0.4 is 25.5 Å². The van der Waals surface area contributed by atoms with Gasteiger partial charge in [0.25, 0.3) is 6.21 Å². The van der Waals surface area contributed by atoms with Crippen LogP contribution >= 0.6 is 0 Å². The molecule has 8 aromatic rings. The van der Waals surface area contributed by atoms with Gasteiger partial charge in [-0.15, -0.1) is 0 Å². The van der Waals surface area contributed by atoms with Crippen molar-refractivity contribution in [3.05, 3.63) is 186 Å². The highest BCUT2D eigenvalue weighted by Crippen LogP contribution is 2.46. The summed E-state index contributed by atoms with van der Waals surface area (Å²) >= 11 is 0. The van der Waals surface area contributed by atoms with Crippen molar-refractivity contribution in [2.24, 2.45) is 0 Å². The molecule has 0 amide bonds. The third-order valence-electron chi connectivity index (χ3n) is 10.0. The van der Waals surface area contributed by atoms with Crippen molar-refractivity contribution < 1.29 is 4.42 Å². The third-order valence-corrected chi connectivity index (χ3v) is 10.0. The SMILES string of the molecule is C1=CC(c2ccc(N(c3ccc(-c4ccccc4)cc3)c3ccc(-c4ccccc4)cc3)c3oc4ccccc4c23)Nc2c1ccc1c2=[N+]=CC=1. The van der Waals surface area contributed by atoms with Gasteiger partial charge in [0.05, 0.1) is 16.9 Å². The molecule has 1 unspecified atom stereocenters. The first-order chi connectivity index (χ1) is 25.3. The predicted molar refractivity (Wildman–Crippen MR) is 212 cm³/mol. The van der Waals surface area contributed by atoms with Gasteiger partial charge >= 0.3 is 5.36 Å². The van der Waals surface area contributed by atoms with Gasteiger partial charge in [-0.05, 0) is 70.3 Å². The van der Waals surface area contributed by atoms with E-state index in [-0.39, 0.29) is 6.04 Å². The molecule has 7 aromatic carbocycles. The number of benzene rings is 7. The lowest BCUT2D eigenvalue weighted by molar-refractivity contribution is 0.668. The zero-order chi connectivity index (χ0) is 33.7. The average Bonchev–Trinajstić information content (AvgIpc) is 3.85. The molecule has 4 heteroatoms. The topological polar surface area (TPSA) is 42.5 Å². The van der Waals surface area contributed by atoms with E-state index in [2.05, 4.69) is 180 Å². The van der Waals surface area contributed by atoms with Crippen molar-refractivity contribution >= 4 is 63.1 Å². The van der Waals surface area contributed by atoms with Crippen LogP contribution in [0.3, 0.4) is 0 Å². The van der Waals surface area contributed by atoms with Crippen LogP contribution in [0, 0.1) is 0 Å². The predicted octanol–water partition coefficient (Wildman–Crippen LogP) is 10.1. The Balaban J connectivity index is 1.15. The van der Waals surface area contributed by atoms with Crippen LogP contribution in [0.2, 0.25) is 0 Å². The van der Waals surface area contributed by atoms with Crippen LogP contribution in [0.15, 0.2) is 168 Å². The second-order valence-electron chi connectivity index (χ2n) is 13.0. The van der Waals surface area contributed by atoms with Crippen LogP contribution in [0.1, 0.15) is 17.2 Å². The summed E-state index contributed by atoms with van der Waals surface area (Å²) in [5.41, 5.74) is 12.9. The van der Waals surface area contributed by atoms with Crippen molar-refractivity contribution in [3.63, 3.8) is 0 Å². The Kier molecular flexibility index (Phi) is 6.80. The normalized spacial score (nSPS) is 14.1. The van der Waals surface area contributed by atoms with E-state index >= 15 is 0 Å². The number of para-hydroxylation sites is 1. The van der Waals surface area contributed by atoms with E-state index < -0.39 is 0 Å². The molecule has 0 bridgehead atoms. The van der Waals surface area contributed by atoms with Gasteiger partial charge in [0.15, 0.2) is 5.58 Å². The number of furan rings is 1. The van der Waals surface area contributed by atoms with E-state index in [0.717, 1.165) is 66.4 Å². The maximum atomic E-state index is 6.85. The number of nitrogens with zero attached hydrogens (tertiary/aromatic N) is 2. The monoisotopic (exact) mass is 654 g/mol. The Morgan fingerprint density at radius 3 is 1.90 bits per heavy atom. The van der Waals surface area contributed by atoms with E-state index in [0.29, 0.717) is 0 Å². The minimum Gasteiger partial charge on any atom is -0.454 e. The molecule has 4 nitrogen and oxygen atoms in total. The molecule has 2 aliphatic heterocycles. The summed E-state index contributed by atoms with van der Waals surface area (Å²) in [6, 6.07) is 55.7. The molecule has 0 fully saturated rings. The Bertz CT molecular complexity index is 2710. The first kappa shape index (κ1) is 29.1. The summed E-state index contributed by atoms with van der Waals surface area (Å²) in [7, 11) is 0. The van der Waals surface area contributed by atoms with Crippen molar-refractivity contribution in [1.82, 2.24) is 4.67 Å². The summed E-state index contributed by atoms with van der Waals surface area (Å²) in [5.74, 6) is 0. The quantitative estimate of drug-likeness (QED) is 0.182. The van der Waals surface area contributed by atoms with E-state index in [4.69, 9.17) is 9.09 Å². The van der Waals surface area contributed by atoms with Crippen molar-refractivity contribution in [3.8, 4) is 22.3 Å². The summed E-state index contributed by atoms with van der Waals surface area (Å²) in [5, 5.41) is 8.16. The minimum absolute atomic E-state index is 0.0684. The highest BCUT2D eigenvalue weighted by Gasteiger charge is 2.27. The Hall–Kier alpha value is -6.87. The number of hydrogen-bond acceptors (Lipinski definition) is 3. The molecule has 3 heterocycles. The van der Waals surface area contributed by atoms with E-state index in [1.807, 2.05) is 12.3 Å². The van der Waals surface area contributed by atoms with E-state index in [9.17, 15) is 0 Å². The van der Waals surface area contributed by atoms with Gasteiger partial charge in [-0.2, -0.15) is 0 Å². The summed E-state index contributed by atoms with van der Waals surface area (Å²) in [6.07, 6.45) is 8.40. The average molecular weight is 655 g/mol.